The van der Waals surface area contributed by atoms with Crippen LogP contribution in [0.2, 0.25) is 0 Å². The summed E-state index contributed by atoms with van der Waals surface area (Å²) in [7, 11) is 0. The monoisotopic (exact) mass is 283 g/mol. The van der Waals surface area contributed by atoms with E-state index < -0.39 is 0 Å². The van der Waals surface area contributed by atoms with Gasteiger partial charge in [0.15, 0.2) is 0 Å². The van der Waals surface area contributed by atoms with Gasteiger partial charge in [0.25, 0.3) is 0 Å². The number of hydrogen-bond acceptors (Lipinski definition) is 3. The third-order valence-corrected chi connectivity index (χ3v) is 4.51. The first-order valence-corrected chi connectivity index (χ1v) is 7.46. The zero-order chi connectivity index (χ0) is 14.9. The Morgan fingerprint density at radius 2 is 2.14 bits per heavy atom. The van der Waals surface area contributed by atoms with Gasteiger partial charge in [-0.05, 0) is 30.4 Å². The Bertz CT molecular complexity index is 657. The Balaban J connectivity index is 1.73. The molecule has 0 aliphatic heterocycles. The van der Waals surface area contributed by atoms with Gasteiger partial charge in [0, 0.05) is 24.7 Å². The topological polar surface area (TPSA) is 68.0 Å². The molecule has 3 N–H and O–H groups in total. The quantitative estimate of drug-likeness (QED) is 0.904. The highest BCUT2D eigenvalue weighted by Gasteiger charge is 2.46. The summed E-state index contributed by atoms with van der Waals surface area (Å²) in [5, 5.41) is 4.14. The van der Waals surface area contributed by atoms with Gasteiger partial charge in [-0.2, -0.15) is 0 Å². The predicted molar refractivity (Wildman–Crippen MR) is 83.5 cm³/mol. The number of carbonyl (C=O) groups excluding carboxylic acids is 1. The van der Waals surface area contributed by atoms with Gasteiger partial charge in [-0.1, -0.05) is 31.2 Å². The molecule has 1 aliphatic carbocycles. The number of nitrogens with two attached hydrogens (primary N) is 1. The van der Waals surface area contributed by atoms with E-state index in [-0.39, 0.29) is 11.3 Å². The highest BCUT2D eigenvalue weighted by Crippen LogP contribution is 2.44. The van der Waals surface area contributed by atoms with Gasteiger partial charge in [0.05, 0.1) is 10.9 Å². The van der Waals surface area contributed by atoms with Gasteiger partial charge in [-0.3, -0.25) is 9.78 Å². The van der Waals surface area contributed by atoms with Gasteiger partial charge in [-0.15, -0.1) is 0 Å². The summed E-state index contributed by atoms with van der Waals surface area (Å²) in [5.74, 6) is 0.676. The van der Waals surface area contributed by atoms with Crippen molar-refractivity contribution in [1.82, 2.24) is 10.3 Å². The van der Waals surface area contributed by atoms with Crippen LogP contribution in [0, 0.1) is 11.3 Å². The minimum Gasteiger partial charge on any atom is -0.351 e. The first kappa shape index (κ1) is 14.0. The Kier molecular flexibility index (Phi) is 3.64. The number of nitrogens with zero attached hydrogens (tertiary/aromatic N) is 1. The van der Waals surface area contributed by atoms with Crippen LogP contribution < -0.4 is 11.1 Å². The smallest absolute Gasteiger partial charge is 0.227 e. The van der Waals surface area contributed by atoms with E-state index in [4.69, 9.17) is 5.73 Å². The standard InChI is InChI=1S/C17H21N3O/c1-12-8-17(9-12,11-18)16(21)20-10-14-5-2-4-13-6-3-7-19-15(13)14/h2-7,12H,8-11,18H2,1H3,(H,20,21). The predicted octanol–water partition coefficient (Wildman–Crippen LogP) is 2.23. The molecule has 1 fully saturated rings. The Labute approximate surface area is 124 Å². The second-order valence-corrected chi connectivity index (χ2v) is 6.17. The van der Waals surface area contributed by atoms with Crippen molar-refractivity contribution >= 4 is 16.8 Å². The highest BCUT2D eigenvalue weighted by atomic mass is 16.2. The van der Waals surface area contributed by atoms with E-state index in [1.54, 1.807) is 6.20 Å². The lowest BCUT2D eigenvalue weighted by molar-refractivity contribution is -0.138. The first-order chi connectivity index (χ1) is 10.1. The van der Waals surface area contributed by atoms with Crippen LogP contribution in [0.1, 0.15) is 25.3 Å². The molecule has 0 bridgehead atoms. The highest BCUT2D eigenvalue weighted by molar-refractivity contribution is 5.85. The summed E-state index contributed by atoms with van der Waals surface area (Å²) in [6, 6.07) is 9.99. The average molecular weight is 283 g/mol. The molecule has 1 aromatic carbocycles. The molecule has 0 atom stereocenters. The number of fused-ring (bicyclic) bond motifs is 1. The maximum Gasteiger partial charge on any atom is 0.227 e. The van der Waals surface area contributed by atoms with Crippen molar-refractivity contribution in [3.63, 3.8) is 0 Å². The number of aromatic nitrogens is 1. The minimum atomic E-state index is -0.350. The molecule has 1 saturated carbocycles. The Morgan fingerprint density at radius 3 is 2.86 bits per heavy atom. The number of hydrogen-bond donors (Lipinski definition) is 2. The lowest BCUT2D eigenvalue weighted by Crippen LogP contribution is -2.53. The molecule has 0 spiro atoms. The van der Waals surface area contributed by atoms with Crippen LogP contribution in [0.5, 0.6) is 0 Å². The third kappa shape index (κ3) is 2.51. The summed E-state index contributed by atoms with van der Waals surface area (Å²) in [6.45, 7) is 3.09. The molecule has 2 aromatic rings. The van der Waals surface area contributed by atoms with Crippen LogP contribution in [0.15, 0.2) is 36.5 Å². The number of carbonyl (C=O) groups is 1. The second-order valence-electron chi connectivity index (χ2n) is 6.17. The van der Waals surface area contributed by atoms with Crippen molar-refractivity contribution < 1.29 is 4.79 Å². The number of rotatable bonds is 4. The number of amides is 1. The van der Waals surface area contributed by atoms with E-state index in [0.717, 1.165) is 29.3 Å². The maximum absolute atomic E-state index is 12.4. The summed E-state index contributed by atoms with van der Waals surface area (Å²) in [6.07, 6.45) is 3.56. The Hall–Kier alpha value is -1.94. The maximum atomic E-state index is 12.4. The summed E-state index contributed by atoms with van der Waals surface area (Å²) in [5.41, 5.74) is 7.46. The summed E-state index contributed by atoms with van der Waals surface area (Å²) >= 11 is 0. The second kappa shape index (κ2) is 5.45. The Morgan fingerprint density at radius 1 is 1.38 bits per heavy atom. The molecule has 21 heavy (non-hydrogen) atoms. The SMILES string of the molecule is CC1CC(CN)(C(=O)NCc2cccc3cccnc23)C1. The molecular weight excluding hydrogens is 262 g/mol. The van der Waals surface area contributed by atoms with E-state index in [0.29, 0.717) is 19.0 Å². The molecule has 4 heteroatoms. The van der Waals surface area contributed by atoms with Crippen molar-refractivity contribution in [2.45, 2.75) is 26.3 Å². The van der Waals surface area contributed by atoms with Crippen molar-refractivity contribution in [2.24, 2.45) is 17.1 Å². The lowest BCUT2D eigenvalue weighted by atomic mass is 9.62. The summed E-state index contributed by atoms with van der Waals surface area (Å²) in [4.78, 5) is 16.8. The molecule has 1 aromatic heterocycles. The zero-order valence-corrected chi connectivity index (χ0v) is 12.3. The van der Waals surface area contributed by atoms with Crippen molar-refractivity contribution in [2.75, 3.05) is 6.54 Å². The normalized spacial score (nSPS) is 24.6. The zero-order valence-electron chi connectivity index (χ0n) is 12.3. The fraction of sp³-hybridized carbons (Fsp3) is 0.412. The third-order valence-electron chi connectivity index (χ3n) is 4.51. The van der Waals surface area contributed by atoms with Gasteiger partial charge in [0.1, 0.15) is 0 Å². The van der Waals surface area contributed by atoms with Crippen molar-refractivity contribution in [3.8, 4) is 0 Å². The molecule has 0 saturated heterocycles. The number of para-hydroxylation sites is 1. The summed E-state index contributed by atoms with van der Waals surface area (Å²) < 4.78 is 0. The lowest BCUT2D eigenvalue weighted by Gasteiger charge is -2.44. The molecule has 0 radical (unpaired) electrons. The van der Waals surface area contributed by atoms with Crippen molar-refractivity contribution in [1.29, 1.82) is 0 Å². The van der Waals surface area contributed by atoms with Crippen LogP contribution in [-0.4, -0.2) is 17.4 Å². The molecule has 1 heterocycles. The van der Waals surface area contributed by atoms with E-state index >= 15 is 0 Å². The largest absolute Gasteiger partial charge is 0.351 e. The van der Waals surface area contributed by atoms with E-state index in [2.05, 4.69) is 17.2 Å². The average Bonchev–Trinajstić information content (AvgIpc) is 2.49. The van der Waals surface area contributed by atoms with Crippen LogP contribution >= 0.6 is 0 Å². The molecule has 3 rings (SSSR count). The van der Waals surface area contributed by atoms with Crippen LogP contribution in [0.4, 0.5) is 0 Å². The van der Waals surface area contributed by atoms with Gasteiger partial charge < -0.3 is 11.1 Å². The molecule has 110 valence electrons. The molecule has 0 unspecified atom stereocenters. The molecule has 4 nitrogen and oxygen atoms in total. The first-order valence-electron chi connectivity index (χ1n) is 7.46. The van der Waals surface area contributed by atoms with E-state index in [1.807, 2.05) is 30.3 Å². The van der Waals surface area contributed by atoms with Crippen LogP contribution in [-0.2, 0) is 11.3 Å². The van der Waals surface area contributed by atoms with E-state index in [1.165, 1.54) is 0 Å². The molecule has 1 aliphatic rings. The number of nitrogens with one attached hydrogen (secondary N) is 1. The fourth-order valence-corrected chi connectivity index (χ4v) is 3.39. The van der Waals surface area contributed by atoms with Crippen LogP contribution in [0.25, 0.3) is 10.9 Å². The van der Waals surface area contributed by atoms with Gasteiger partial charge >= 0.3 is 0 Å². The molecular formula is C17H21N3O. The van der Waals surface area contributed by atoms with Gasteiger partial charge in [-0.25, -0.2) is 0 Å². The number of benzene rings is 1. The number of pyridine rings is 1. The van der Waals surface area contributed by atoms with Crippen LogP contribution in [0.3, 0.4) is 0 Å². The van der Waals surface area contributed by atoms with E-state index in [9.17, 15) is 4.79 Å². The van der Waals surface area contributed by atoms with Gasteiger partial charge in [0.2, 0.25) is 5.91 Å². The van der Waals surface area contributed by atoms with Crippen molar-refractivity contribution in [3.05, 3.63) is 42.1 Å². The fourth-order valence-electron chi connectivity index (χ4n) is 3.39. The minimum absolute atomic E-state index is 0.0797. The molecule has 1 amide bonds.